The molecule has 0 saturated heterocycles. The normalized spacial score (nSPS) is 11.4. The summed E-state index contributed by atoms with van der Waals surface area (Å²) in [6, 6.07) is 0. The number of nitrogens with zero attached hydrogens (tertiary/aromatic N) is 2. The fraction of sp³-hybridized carbons (Fsp3) is 0.765. The summed E-state index contributed by atoms with van der Waals surface area (Å²) < 4.78 is 0. The molecular formula is C17H35IN4O. The molecule has 0 unspecified atom stereocenters. The Morgan fingerprint density at radius 2 is 1.91 bits per heavy atom. The fourth-order valence-corrected chi connectivity index (χ4v) is 1.90. The number of amides is 1. The number of guanidine groups is 1. The molecule has 136 valence electrons. The van der Waals surface area contributed by atoms with Crippen LogP contribution in [0.5, 0.6) is 0 Å². The van der Waals surface area contributed by atoms with Gasteiger partial charge in [-0.2, -0.15) is 0 Å². The zero-order chi connectivity index (χ0) is 17.0. The molecule has 0 spiro atoms. The van der Waals surface area contributed by atoms with Crippen LogP contribution in [0, 0.1) is 5.41 Å². The first kappa shape index (κ1) is 24.5. The molecule has 0 aromatic heterocycles. The average molecular weight is 438 g/mol. The standard InChI is InChI=1S/C17H34N4O.HI/c1-7-9-10-11-17(3,4)14-20-16(18-12-8-2)19-13-15(22)21(5)6;/h8H,2,7,9-14H2,1,3-6H3,(H2,18,19,20);1H. The monoisotopic (exact) mass is 438 g/mol. The van der Waals surface area contributed by atoms with Crippen LogP contribution in [0.3, 0.4) is 0 Å². The highest BCUT2D eigenvalue weighted by atomic mass is 127. The van der Waals surface area contributed by atoms with Crippen molar-refractivity contribution in [3.05, 3.63) is 12.7 Å². The Bertz CT molecular complexity index is 368. The van der Waals surface area contributed by atoms with Gasteiger partial charge in [0, 0.05) is 27.2 Å². The van der Waals surface area contributed by atoms with Gasteiger partial charge >= 0.3 is 0 Å². The summed E-state index contributed by atoms with van der Waals surface area (Å²) in [7, 11) is 3.47. The van der Waals surface area contributed by atoms with Crippen molar-refractivity contribution in [2.24, 2.45) is 10.4 Å². The van der Waals surface area contributed by atoms with Crippen LogP contribution in [0.25, 0.3) is 0 Å². The number of hydrogen-bond donors (Lipinski definition) is 2. The Hall–Kier alpha value is -0.790. The highest BCUT2D eigenvalue weighted by Crippen LogP contribution is 2.22. The Morgan fingerprint density at radius 3 is 2.43 bits per heavy atom. The quantitative estimate of drug-likeness (QED) is 0.181. The Labute approximate surface area is 159 Å². The average Bonchev–Trinajstić information content (AvgIpc) is 2.46. The molecule has 0 saturated carbocycles. The molecule has 5 nitrogen and oxygen atoms in total. The van der Waals surface area contributed by atoms with E-state index in [1.807, 2.05) is 0 Å². The summed E-state index contributed by atoms with van der Waals surface area (Å²) in [5.41, 5.74) is 0.206. The Kier molecular flexibility index (Phi) is 14.5. The lowest BCUT2D eigenvalue weighted by molar-refractivity contribution is -0.127. The molecule has 2 N–H and O–H groups in total. The van der Waals surface area contributed by atoms with E-state index in [-0.39, 0.29) is 41.8 Å². The Morgan fingerprint density at radius 1 is 1.26 bits per heavy atom. The Balaban J connectivity index is 0. The van der Waals surface area contributed by atoms with E-state index in [4.69, 9.17) is 0 Å². The van der Waals surface area contributed by atoms with Crippen LogP contribution in [0.2, 0.25) is 0 Å². The number of carbonyl (C=O) groups is 1. The van der Waals surface area contributed by atoms with E-state index in [2.05, 4.69) is 43.0 Å². The zero-order valence-corrected chi connectivity index (χ0v) is 17.8. The minimum Gasteiger partial charge on any atom is -0.356 e. The summed E-state index contributed by atoms with van der Waals surface area (Å²) in [5, 5.41) is 6.49. The van der Waals surface area contributed by atoms with Crippen molar-refractivity contribution in [1.82, 2.24) is 15.5 Å². The number of nitrogens with one attached hydrogen (secondary N) is 2. The summed E-state index contributed by atoms with van der Waals surface area (Å²) in [6.45, 7) is 12.0. The van der Waals surface area contributed by atoms with Gasteiger partial charge in [-0.05, 0) is 11.8 Å². The minimum absolute atomic E-state index is 0. The smallest absolute Gasteiger partial charge is 0.243 e. The van der Waals surface area contributed by atoms with Crippen molar-refractivity contribution in [3.63, 3.8) is 0 Å². The lowest BCUT2D eigenvalue weighted by atomic mass is 9.87. The maximum Gasteiger partial charge on any atom is 0.243 e. The number of unbranched alkanes of at least 4 members (excludes halogenated alkanes) is 2. The van der Waals surface area contributed by atoms with Crippen molar-refractivity contribution in [1.29, 1.82) is 0 Å². The van der Waals surface area contributed by atoms with Crippen molar-refractivity contribution in [3.8, 4) is 0 Å². The van der Waals surface area contributed by atoms with Crippen LogP contribution >= 0.6 is 24.0 Å². The molecule has 1 amide bonds. The van der Waals surface area contributed by atoms with E-state index in [1.54, 1.807) is 25.1 Å². The third kappa shape index (κ3) is 13.4. The van der Waals surface area contributed by atoms with Crippen molar-refractivity contribution >= 4 is 35.8 Å². The summed E-state index contributed by atoms with van der Waals surface area (Å²) >= 11 is 0. The topological polar surface area (TPSA) is 56.7 Å². The molecule has 0 heterocycles. The molecule has 0 aliphatic rings. The molecule has 0 atom stereocenters. The molecule has 0 aromatic rings. The summed E-state index contributed by atoms with van der Waals surface area (Å²) in [5.74, 6) is 0.653. The van der Waals surface area contributed by atoms with Crippen LogP contribution in [-0.2, 0) is 4.79 Å². The van der Waals surface area contributed by atoms with Crippen LogP contribution in [0.15, 0.2) is 17.6 Å². The number of rotatable bonds is 10. The van der Waals surface area contributed by atoms with E-state index in [9.17, 15) is 4.79 Å². The third-order valence-corrected chi connectivity index (χ3v) is 3.48. The SMILES string of the molecule is C=CCNC(=NCC(=O)N(C)C)NCC(C)(C)CCCCC.I. The number of halogens is 1. The second kappa shape index (κ2) is 13.6. The lowest BCUT2D eigenvalue weighted by Gasteiger charge is -2.26. The van der Waals surface area contributed by atoms with Crippen LogP contribution < -0.4 is 10.6 Å². The second-order valence-corrected chi connectivity index (χ2v) is 6.60. The van der Waals surface area contributed by atoms with E-state index in [0.717, 1.165) is 6.54 Å². The summed E-state index contributed by atoms with van der Waals surface area (Å²) in [6.07, 6.45) is 6.72. The molecule has 6 heteroatoms. The third-order valence-electron chi connectivity index (χ3n) is 3.48. The lowest BCUT2D eigenvalue weighted by Crippen LogP contribution is -2.42. The molecule has 0 bridgehead atoms. The molecule has 0 aliphatic carbocycles. The largest absolute Gasteiger partial charge is 0.356 e. The van der Waals surface area contributed by atoms with E-state index >= 15 is 0 Å². The highest BCUT2D eigenvalue weighted by molar-refractivity contribution is 14.0. The molecule has 0 rings (SSSR count). The minimum atomic E-state index is -0.0121. The van der Waals surface area contributed by atoms with Gasteiger partial charge in [0.25, 0.3) is 0 Å². The predicted octanol–water partition coefficient (Wildman–Crippen LogP) is 3.02. The zero-order valence-electron chi connectivity index (χ0n) is 15.4. The van der Waals surface area contributed by atoms with Crippen molar-refractivity contribution in [2.75, 3.05) is 33.7 Å². The maximum atomic E-state index is 11.6. The number of hydrogen-bond acceptors (Lipinski definition) is 2. The van der Waals surface area contributed by atoms with Gasteiger partial charge in [-0.3, -0.25) is 4.79 Å². The molecular weight excluding hydrogens is 403 g/mol. The van der Waals surface area contributed by atoms with E-state index in [0.29, 0.717) is 12.5 Å². The molecule has 0 fully saturated rings. The molecule has 23 heavy (non-hydrogen) atoms. The van der Waals surface area contributed by atoms with Gasteiger partial charge in [0.2, 0.25) is 5.91 Å². The maximum absolute atomic E-state index is 11.6. The van der Waals surface area contributed by atoms with E-state index in [1.165, 1.54) is 25.7 Å². The molecule has 0 aliphatic heterocycles. The fourth-order valence-electron chi connectivity index (χ4n) is 1.90. The van der Waals surface area contributed by atoms with Gasteiger partial charge in [-0.1, -0.05) is 46.1 Å². The number of aliphatic imine (C=N–C) groups is 1. The molecule has 0 aromatic carbocycles. The molecule has 0 radical (unpaired) electrons. The first-order chi connectivity index (χ1) is 10.3. The van der Waals surface area contributed by atoms with Gasteiger partial charge in [-0.15, -0.1) is 30.6 Å². The van der Waals surface area contributed by atoms with Crippen molar-refractivity contribution < 1.29 is 4.79 Å². The van der Waals surface area contributed by atoms with Crippen LogP contribution in [0.4, 0.5) is 0 Å². The van der Waals surface area contributed by atoms with Crippen LogP contribution in [0.1, 0.15) is 46.5 Å². The van der Waals surface area contributed by atoms with Gasteiger partial charge in [0.1, 0.15) is 6.54 Å². The van der Waals surface area contributed by atoms with Gasteiger partial charge < -0.3 is 15.5 Å². The number of carbonyl (C=O) groups excluding carboxylic acids is 1. The number of likely N-dealkylation sites (N-methyl/N-ethyl adjacent to an activating group) is 1. The van der Waals surface area contributed by atoms with Crippen LogP contribution in [-0.4, -0.2) is 50.5 Å². The van der Waals surface area contributed by atoms with Crippen molar-refractivity contribution in [2.45, 2.75) is 46.5 Å². The highest BCUT2D eigenvalue weighted by Gasteiger charge is 2.17. The summed E-state index contributed by atoms with van der Waals surface area (Å²) in [4.78, 5) is 17.5. The van der Waals surface area contributed by atoms with Gasteiger partial charge in [0.05, 0.1) is 0 Å². The second-order valence-electron chi connectivity index (χ2n) is 6.60. The predicted molar refractivity (Wildman–Crippen MR) is 111 cm³/mol. The first-order valence-corrected chi connectivity index (χ1v) is 8.15. The first-order valence-electron chi connectivity index (χ1n) is 8.15. The van der Waals surface area contributed by atoms with E-state index < -0.39 is 0 Å². The van der Waals surface area contributed by atoms with Gasteiger partial charge in [-0.25, -0.2) is 4.99 Å². The van der Waals surface area contributed by atoms with Gasteiger partial charge in [0.15, 0.2) is 5.96 Å².